The fraction of sp³-hybridized carbons (Fsp3) is 0.636. The fourth-order valence-corrected chi connectivity index (χ4v) is 2.24. The third-order valence-corrected chi connectivity index (χ3v) is 3.54. The summed E-state index contributed by atoms with van der Waals surface area (Å²) in [7, 11) is 0. The molecule has 0 aliphatic carbocycles. The Morgan fingerprint density at radius 2 is 1.81 bits per heavy atom. The molecule has 0 radical (unpaired) electrons. The molecule has 1 heterocycles. The Bertz CT molecular complexity index is 336. The van der Waals surface area contributed by atoms with Crippen molar-refractivity contribution in [3.8, 4) is 0 Å². The Morgan fingerprint density at radius 1 is 1.19 bits per heavy atom. The lowest BCUT2D eigenvalue weighted by atomic mass is 9.95. The zero-order chi connectivity index (χ0) is 12.4. The molecule has 0 atom stereocenters. The summed E-state index contributed by atoms with van der Waals surface area (Å²) >= 11 is 1.56. The molecule has 0 saturated carbocycles. The van der Waals surface area contributed by atoms with E-state index in [1.807, 2.05) is 12.1 Å². The second-order valence-electron chi connectivity index (χ2n) is 4.73. The molecule has 1 rings (SSSR count). The van der Waals surface area contributed by atoms with Crippen LogP contribution in [0.25, 0.3) is 0 Å². The van der Waals surface area contributed by atoms with Crippen LogP contribution in [0.3, 0.4) is 0 Å². The minimum absolute atomic E-state index is 0.0624. The molecule has 0 aromatic carbocycles. The van der Waals surface area contributed by atoms with Crippen molar-refractivity contribution in [3.63, 3.8) is 0 Å². The number of alkyl halides is 3. The Morgan fingerprint density at radius 3 is 2.25 bits per heavy atom. The third kappa shape index (κ3) is 4.53. The van der Waals surface area contributed by atoms with Crippen LogP contribution in [0.2, 0.25) is 0 Å². The van der Waals surface area contributed by atoms with Gasteiger partial charge in [0.2, 0.25) is 0 Å². The Hall–Kier alpha value is -0.550. The van der Waals surface area contributed by atoms with Crippen molar-refractivity contribution in [3.05, 3.63) is 21.9 Å². The van der Waals surface area contributed by atoms with E-state index in [2.05, 4.69) is 26.1 Å². The topological polar surface area (TPSA) is 12.0 Å². The lowest BCUT2D eigenvalue weighted by Crippen LogP contribution is -2.27. The van der Waals surface area contributed by atoms with E-state index >= 15 is 0 Å². The van der Waals surface area contributed by atoms with Crippen molar-refractivity contribution in [2.24, 2.45) is 0 Å². The van der Waals surface area contributed by atoms with Crippen molar-refractivity contribution in [1.82, 2.24) is 5.32 Å². The van der Waals surface area contributed by atoms with Crippen LogP contribution in [0.15, 0.2) is 12.1 Å². The number of thiophene rings is 1. The van der Waals surface area contributed by atoms with Gasteiger partial charge in [0.25, 0.3) is 0 Å². The first-order valence-electron chi connectivity index (χ1n) is 5.05. The molecule has 1 aromatic rings. The molecular weight excluding hydrogens is 235 g/mol. The van der Waals surface area contributed by atoms with Gasteiger partial charge in [0.05, 0.1) is 6.54 Å². The number of hydrogen-bond acceptors (Lipinski definition) is 2. The zero-order valence-electron chi connectivity index (χ0n) is 9.61. The quantitative estimate of drug-likeness (QED) is 0.863. The molecule has 0 bridgehead atoms. The van der Waals surface area contributed by atoms with Crippen LogP contribution in [0.5, 0.6) is 0 Å². The number of rotatable bonds is 3. The largest absolute Gasteiger partial charge is 0.401 e. The lowest BCUT2D eigenvalue weighted by Gasteiger charge is -2.15. The predicted octanol–water partition coefficient (Wildman–Crippen LogP) is 3.70. The first-order valence-corrected chi connectivity index (χ1v) is 5.87. The van der Waals surface area contributed by atoms with E-state index in [1.165, 1.54) is 4.88 Å². The molecule has 0 spiro atoms. The van der Waals surface area contributed by atoms with E-state index < -0.39 is 12.7 Å². The minimum Gasteiger partial charge on any atom is -0.304 e. The van der Waals surface area contributed by atoms with Crippen LogP contribution in [-0.4, -0.2) is 12.7 Å². The fourth-order valence-electron chi connectivity index (χ4n) is 1.20. The monoisotopic (exact) mass is 251 g/mol. The number of halogens is 3. The van der Waals surface area contributed by atoms with Gasteiger partial charge < -0.3 is 5.32 Å². The number of nitrogens with one attached hydrogen (secondary N) is 1. The highest BCUT2D eigenvalue weighted by Crippen LogP contribution is 2.29. The van der Waals surface area contributed by atoms with Crippen molar-refractivity contribution in [1.29, 1.82) is 0 Å². The van der Waals surface area contributed by atoms with Gasteiger partial charge in [-0.3, -0.25) is 0 Å². The summed E-state index contributed by atoms with van der Waals surface area (Å²) in [6, 6.07) is 3.86. The van der Waals surface area contributed by atoms with E-state index in [4.69, 9.17) is 0 Å². The molecule has 1 aromatic heterocycles. The Balaban J connectivity index is 2.48. The van der Waals surface area contributed by atoms with E-state index in [-0.39, 0.29) is 12.0 Å². The van der Waals surface area contributed by atoms with Crippen molar-refractivity contribution >= 4 is 11.3 Å². The van der Waals surface area contributed by atoms with Gasteiger partial charge in [0, 0.05) is 16.3 Å². The summed E-state index contributed by atoms with van der Waals surface area (Å²) in [6.45, 7) is 5.61. The Labute approximate surface area is 97.7 Å². The summed E-state index contributed by atoms with van der Waals surface area (Å²) in [5, 5.41) is 2.39. The van der Waals surface area contributed by atoms with E-state index in [1.54, 1.807) is 11.3 Å². The summed E-state index contributed by atoms with van der Waals surface area (Å²) < 4.78 is 35.7. The van der Waals surface area contributed by atoms with Crippen molar-refractivity contribution in [2.45, 2.75) is 38.9 Å². The molecule has 1 nitrogen and oxygen atoms in total. The van der Waals surface area contributed by atoms with E-state index in [0.717, 1.165) is 4.88 Å². The molecule has 0 unspecified atom stereocenters. The predicted molar refractivity (Wildman–Crippen MR) is 60.8 cm³/mol. The summed E-state index contributed by atoms with van der Waals surface area (Å²) in [6.07, 6.45) is -4.13. The lowest BCUT2D eigenvalue weighted by molar-refractivity contribution is -0.125. The van der Waals surface area contributed by atoms with Gasteiger partial charge in [-0.1, -0.05) is 20.8 Å². The molecule has 1 N–H and O–H groups in total. The van der Waals surface area contributed by atoms with Crippen molar-refractivity contribution in [2.75, 3.05) is 6.54 Å². The highest BCUT2D eigenvalue weighted by Gasteiger charge is 2.26. The minimum atomic E-state index is -4.13. The Kier molecular flexibility index (Phi) is 4.02. The van der Waals surface area contributed by atoms with Crippen LogP contribution in [0, 0.1) is 0 Å². The number of hydrogen-bond donors (Lipinski definition) is 1. The third-order valence-electron chi connectivity index (χ3n) is 2.03. The van der Waals surface area contributed by atoms with Gasteiger partial charge in [-0.25, -0.2) is 0 Å². The summed E-state index contributed by atoms with van der Waals surface area (Å²) in [5.41, 5.74) is 0.0624. The smallest absolute Gasteiger partial charge is 0.304 e. The van der Waals surface area contributed by atoms with Crippen LogP contribution >= 0.6 is 11.3 Å². The van der Waals surface area contributed by atoms with Gasteiger partial charge >= 0.3 is 6.18 Å². The van der Waals surface area contributed by atoms with Gasteiger partial charge in [0.15, 0.2) is 0 Å². The van der Waals surface area contributed by atoms with E-state index in [9.17, 15) is 13.2 Å². The molecule has 0 aliphatic rings. The molecule has 5 heteroatoms. The van der Waals surface area contributed by atoms with Gasteiger partial charge in [-0.15, -0.1) is 11.3 Å². The molecule has 0 amide bonds. The molecule has 0 aliphatic heterocycles. The second-order valence-corrected chi connectivity index (χ2v) is 5.90. The molecule has 0 fully saturated rings. The molecule has 0 saturated heterocycles. The van der Waals surface area contributed by atoms with Crippen LogP contribution < -0.4 is 5.32 Å². The maximum absolute atomic E-state index is 11.9. The van der Waals surface area contributed by atoms with Gasteiger partial charge in [0.1, 0.15) is 0 Å². The SMILES string of the molecule is CC(C)(C)c1ccc(CNCC(F)(F)F)s1. The second kappa shape index (κ2) is 4.75. The highest BCUT2D eigenvalue weighted by molar-refractivity contribution is 7.12. The van der Waals surface area contributed by atoms with Gasteiger partial charge in [-0.2, -0.15) is 13.2 Å². The zero-order valence-corrected chi connectivity index (χ0v) is 10.4. The van der Waals surface area contributed by atoms with Crippen LogP contribution in [0.4, 0.5) is 13.2 Å². The van der Waals surface area contributed by atoms with E-state index in [0.29, 0.717) is 0 Å². The molecule has 16 heavy (non-hydrogen) atoms. The average Bonchev–Trinajstić information content (AvgIpc) is 2.49. The maximum atomic E-state index is 11.9. The first-order chi connectivity index (χ1) is 7.18. The normalized spacial score (nSPS) is 13.1. The first kappa shape index (κ1) is 13.5. The highest BCUT2D eigenvalue weighted by atomic mass is 32.1. The van der Waals surface area contributed by atoms with Crippen molar-refractivity contribution < 1.29 is 13.2 Å². The van der Waals surface area contributed by atoms with Crippen LogP contribution in [0.1, 0.15) is 30.5 Å². The summed E-state index contributed by atoms with van der Waals surface area (Å²) in [4.78, 5) is 2.13. The maximum Gasteiger partial charge on any atom is 0.401 e. The molecule has 92 valence electrons. The van der Waals surface area contributed by atoms with Gasteiger partial charge in [-0.05, 0) is 17.5 Å². The summed E-state index contributed by atoms with van der Waals surface area (Å²) in [5.74, 6) is 0. The standard InChI is InChI=1S/C11H16F3NS/c1-10(2,3)9-5-4-8(16-9)6-15-7-11(12,13)14/h4-5,15H,6-7H2,1-3H3. The van der Waals surface area contributed by atoms with Crippen LogP contribution in [-0.2, 0) is 12.0 Å². The molecular formula is C11H16F3NS. The average molecular weight is 251 g/mol.